The van der Waals surface area contributed by atoms with Crippen LogP contribution in [0, 0.1) is 0 Å². The summed E-state index contributed by atoms with van der Waals surface area (Å²) in [5.74, 6) is 0.699. The molecule has 0 unspecified atom stereocenters. The molecule has 0 saturated heterocycles. The van der Waals surface area contributed by atoms with Crippen LogP contribution in [-0.4, -0.2) is 15.0 Å². The average Bonchev–Trinajstić information content (AvgIpc) is 3.27. The van der Waals surface area contributed by atoms with Crippen LogP contribution in [0.15, 0.2) is 206 Å². The highest BCUT2D eigenvalue weighted by molar-refractivity contribution is 6.23. The molecule has 2 heterocycles. The Bertz CT molecular complexity index is 2850. The fourth-order valence-electron chi connectivity index (χ4n) is 7.60. The summed E-state index contributed by atoms with van der Waals surface area (Å²) >= 11 is 0. The van der Waals surface area contributed by atoms with Crippen molar-refractivity contribution in [1.29, 1.82) is 0 Å². The van der Waals surface area contributed by atoms with Crippen molar-refractivity contribution < 1.29 is 0 Å². The Balaban J connectivity index is 1.22. The molecule has 258 valence electrons. The minimum absolute atomic E-state index is 0.699. The van der Waals surface area contributed by atoms with Crippen molar-refractivity contribution in [3.05, 3.63) is 206 Å². The lowest BCUT2D eigenvalue weighted by atomic mass is 9.93. The summed E-state index contributed by atoms with van der Waals surface area (Å²) in [6.45, 7) is 0. The quantitative estimate of drug-likeness (QED) is 0.155. The van der Waals surface area contributed by atoms with Gasteiger partial charge in [-0.3, -0.25) is 0 Å². The Hall–Kier alpha value is -7.43. The molecule has 0 aliphatic heterocycles. The maximum atomic E-state index is 5.43. The monoisotopic (exact) mass is 702 g/mol. The zero-order valence-corrected chi connectivity index (χ0v) is 29.9. The number of hydrogen-bond donors (Lipinski definition) is 0. The fourth-order valence-corrected chi connectivity index (χ4v) is 7.60. The molecular formula is C51H34N4. The minimum atomic E-state index is 0.699. The molecule has 0 radical (unpaired) electrons. The highest BCUT2D eigenvalue weighted by atomic mass is 15.1. The topological polar surface area (TPSA) is 41.9 Å². The number of hydrogen-bond acceptors (Lipinski definition) is 4. The first-order valence-electron chi connectivity index (χ1n) is 18.5. The summed E-state index contributed by atoms with van der Waals surface area (Å²) in [6.07, 6.45) is 0. The number of benzene rings is 8. The molecule has 0 saturated carbocycles. The van der Waals surface area contributed by atoms with Crippen molar-refractivity contribution in [2.24, 2.45) is 0 Å². The molecule has 0 bridgehead atoms. The standard InChI is InChI=1S/C51H34N4/c1-6-16-36(17-7-1)46-34-47(54-51(53-46)38-20-10-3-11-21-38)39-27-26-35-28-30-44-49(45(35)32-39)43-31-29-42(33-48(43)52-50(44)37-18-8-2-9-19-37)55(40-22-12-4-13-23-40)41-24-14-5-15-25-41/h1-34H. The molecule has 0 amide bonds. The Morgan fingerprint density at radius 1 is 0.327 bits per heavy atom. The van der Waals surface area contributed by atoms with E-state index < -0.39 is 0 Å². The van der Waals surface area contributed by atoms with Crippen LogP contribution in [-0.2, 0) is 0 Å². The molecular weight excluding hydrogens is 669 g/mol. The normalized spacial score (nSPS) is 11.3. The van der Waals surface area contributed by atoms with Gasteiger partial charge in [-0.2, -0.15) is 0 Å². The number of nitrogens with zero attached hydrogens (tertiary/aromatic N) is 4. The number of anilines is 3. The van der Waals surface area contributed by atoms with Gasteiger partial charge >= 0.3 is 0 Å². The Morgan fingerprint density at radius 2 is 0.855 bits per heavy atom. The largest absolute Gasteiger partial charge is 0.310 e. The van der Waals surface area contributed by atoms with Gasteiger partial charge in [0, 0.05) is 55.5 Å². The van der Waals surface area contributed by atoms with Crippen LogP contribution in [0.4, 0.5) is 17.1 Å². The Labute approximate surface area is 319 Å². The third-order valence-corrected chi connectivity index (χ3v) is 10.2. The summed E-state index contributed by atoms with van der Waals surface area (Å²) < 4.78 is 0. The van der Waals surface area contributed by atoms with E-state index in [4.69, 9.17) is 15.0 Å². The van der Waals surface area contributed by atoms with Crippen LogP contribution in [0.5, 0.6) is 0 Å². The molecule has 10 aromatic rings. The molecule has 4 nitrogen and oxygen atoms in total. The van der Waals surface area contributed by atoms with Gasteiger partial charge in [-0.05, 0) is 59.3 Å². The van der Waals surface area contributed by atoms with E-state index in [2.05, 4.69) is 187 Å². The number of fused-ring (bicyclic) bond motifs is 5. The highest BCUT2D eigenvalue weighted by Gasteiger charge is 2.18. The van der Waals surface area contributed by atoms with Gasteiger partial charge in [0.2, 0.25) is 0 Å². The molecule has 0 atom stereocenters. The maximum Gasteiger partial charge on any atom is 0.160 e. The smallest absolute Gasteiger partial charge is 0.160 e. The van der Waals surface area contributed by atoms with Gasteiger partial charge in [0.1, 0.15) is 0 Å². The van der Waals surface area contributed by atoms with E-state index in [9.17, 15) is 0 Å². The zero-order chi connectivity index (χ0) is 36.6. The lowest BCUT2D eigenvalue weighted by Crippen LogP contribution is -2.09. The SMILES string of the molecule is c1ccc(-c2cc(-c3ccc4ccc5c(-c6ccccc6)nc6cc(N(c7ccccc7)c7ccccc7)ccc6c5c4c3)nc(-c3ccccc3)n2)cc1. The van der Waals surface area contributed by atoms with Gasteiger partial charge in [0.15, 0.2) is 5.82 Å². The van der Waals surface area contributed by atoms with Gasteiger partial charge in [-0.15, -0.1) is 0 Å². The third-order valence-electron chi connectivity index (χ3n) is 10.2. The van der Waals surface area contributed by atoms with Crippen molar-refractivity contribution in [1.82, 2.24) is 15.0 Å². The van der Waals surface area contributed by atoms with Crippen LogP contribution in [0.2, 0.25) is 0 Å². The molecule has 0 aliphatic carbocycles. The van der Waals surface area contributed by atoms with E-state index in [0.717, 1.165) is 83.5 Å². The van der Waals surface area contributed by atoms with E-state index >= 15 is 0 Å². The van der Waals surface area contributed by atoms with Crippen molar-refractivity contribution in [2.45, 2.75) is 0 Å². The summed E-state index contributed by atoms with van der Waals surface area (Å²) in [5.41, 5.74) is 11.0. The lowest BCUT2D eigenvalue weighted by Gasteiger charge is -2.26. The third kappa shape index (κ3) is 6.06. The second kappa shape index (κ2) is 13.8. The molecule has 2 aromatic heterocycles. The van der Waals surface area contributed by atoms with Crippen LogP contribution in [0.3, 0.4) is 0 Å². The lowest BCUT2D eigenvalue weighted by molar-refractivity contribution is 1.18. The predicted octanol–water partition coefficient (Wildman–Crippen LogP) is 13.5. The molecule has 0 N–H and O–H groups in total. The Morgan fingerprint density at radius 3 is 1.49 bits per heavy atom. The minimum Gasteiger partial charge on any atom is -0.310 e. The van der Waals surface area contributed by atoms with Gasteiger partial charge in [0.25, 0.3) is 0 Å². The van der Waals surface area contributed by atoms with E-state index in [1.54, 1.807) is 0 Å². The summed E-state index contributed by atoms with van der Waals surface area (Å²) in [6, 6.07) is 72.0. The molecule has 4 heteroatoms. The fraction of sp³-hybridized carbons (Fsp3) is 0. The van der Waals surface area contributed by atoms with E-state index in [-0.39, 0.29) is 0 Å². The summed E-state index contributed by atoms with van der Waals surface area (Å²) in [7, 11) is 0. The van der Waals surface area contributed by atoms with Crippen molar-refractivity contribution >= 4 is 49.5 Å². The van der Waals surface area contributed by atoms with Crippen LogP contribution >= 0.6 is 0 Å². The average molecular weight is 703 g/mol. The van der Waals surface area contributed by atoms with Crippen molar-refractivity contribution in [2.75, 3.05) is 4.90 Å². The molecule has 10 rings (SSSR count). The van der Waals surface area contributed by atoms with Gasteiger partial charge in [-0.1, -0.05) is 158 Å². The highest BCUT2D eigenvalue weighted by Crippen LogP contribution is 2.42. The molecule has 0 fully saturated rings. The number of pyridine rings is 1. The zero-order valence-electron chi connectivity index (χ0n) is 29.9. The first kappa shape index (κ1) is 32.2. The summed E-state index contributed by atoms with van der Waals surface area (Å²) in [5, 5.41) is 5.68. The molecule has 8 aromatic carbocycles. The van der Waals surface area contributed by atoms with Crippen molar-refractivity contribution in [3.63, 3.8) is 0 Å². The molecule has 0 spiro atoms. The van der Waals surface area contributed by atoms with Crippen LogP contribution < -0.4 is 4.90 Å². The molecule has 0 aliphatic rings. The van der Waals surface area contributed by atoms with Gasteiger partial charge in [-0.25, -0.2) is 15.0 Å². The Kier molecular flexibility index (Phi) is 8.12. The van der Waals surface area contributed by atoms with Gasteiger partial charge < -0.3 is 4.90 Å². The van der Waals surface area contributed by atoms with E-state index in [0.29, 0.717) is 5.82 Å². The van der Waals surface area contributed by atoms with Gasteiger partial charge in [0.05, 0.1) is 22.6 Å². The first-order chi connectivity index (χ1) is 27.3. The van der Waals surface area contributed by atoms with Crippen LogP contribution in [0.1, 0.15) is 0 Å². The van der Waals surface area contributed by atoms with Crippen LogP contribution in [0.25, 0.3) is 77.6 Å². The number of rotatable bonds is 7. The van der Waals surface area contributed by atoms with E-state index in [1.807, 2.05) is 24.3 Å². The molecule has 55 heavy (non-hydrogen) atoms. The predicted molar refractivity (Wildman–Crippen MR) is 229 cm³/mol. The second-order valence-electron chi connectivity index (χ2n) is 13.7. The number of aromatic nitrogens is 3. The number of para-hydroxylation sites is 2. The first-order valence-corrected chi connectivity index (χ1v) is 18.5. The van der Waals surface area contributed by atoms with Crippen molar-refractivity contribution in [3.8, 4) is 45.2 Å². The summed E-state index contributed by atoms with van der Waals surface area (Å²) in [4.78, 5) is 17.9. The second-order valence-corrected chi connectivity index (χ2v) is 13.7. The van der Waals surface area contributed by atoms with E-state index in [1.165, 1.54) is 5.39 Å². The maximum absolute atomic E-state index is 5.43.